The lowest BCUT2D eigenvalue weighted by molar-refractivity contribution is 0.0940. The van der Waals surface area contributed by atoms with Crippen molar-refractivity contribution >= 4 is 21.6 Å². The molecule has 0 radical (unpaired) electrons. The zero-order valence-corrected chi connectivity index (χ0v) is 15.7. The maximum absolute atomic E-state index is 12.3. The van der Waals surface area contributed by atoms with Crippen molar-refractivity contribution in [3.05, 3.63) is 59.4 Å². The van der Waals surface area contributed by atoms with Gasteiger partial charge in [-0.3, -0.25) is 14.1 Å². The molecule has 2 rings (SSSR count). The molecule has 134 valence electrons. The van der Waals surface area contributed by atoms with Gasteiger partial charge in [-0.2, -0.15) is 0 Å². The monoisotopic (exact) mass is 361 g/mol. The van der Waals surface area contributed by atoms with Crippen LogP contribution in [0.5, 0.6) is 0 Å². The van der Waals surface area contributed by atoms with E-state index in [4.69, 9.17) is 0 Å². The van der Waals surface area contributed by atoms with Crippen molar-refractivity contribution in [2.75, 3.05) is 17.6 Å². The second-order valence-electron chi connectivity index (χ2n) is 6.12. The molecular weight excluding hydrogens is 338 g/mol. The number of nitrogens with one attached hydrogen (secondary N) is 1. The van der Waals surface area contributed by atoms with Gasteiger partial charge in [0.1, 0.15) is 0 Å². The first-order valence-corrected chi connectivity index (χ1v) is 9.78. The highest BCUT2D eigenvalue weighted by Crippen LogP contribution is 2.16. The molecule has 1 heterocycles. The zero-order valence-electron chi connectivity index (χ0n) is 14.9. The molecule has 0 unspecified atom stereocenters. The summed E-state index contributed by atoms with van der Waals surface area (Å²) in [6.07, 6.45) is 3.52. The highest BCUT2D eigenvalue weighted by Gasteiger charge is 2.14. The molecule has 1 aromatic carbocycles. The molecule has 0 bridgehead atoms. The molecule has 0 saturated heterocycles. The van der Waals surface area contributed by atoms with E-state index >= 15 is 0 Å². The second-order valence-corrected chi connectivity index (χ2v) is 8.14. The van der Waals surface area contributed by atoms with Gasteiger partial charge in [0, 0.05) is 37.0 Å². The lowest BCUT2D eigenvalue weighted by Gasteiger charge is -2.17. The van der Waals surface area contributed by atoms with Crippen LogP contribution in [0.15, 0.2) is 42.6 Å². The molecule has 0 fully saturated rings. The summed E-state index contributed by atoms with van der Waals surface area (Å²) < 4.78 is 24.2. The molecule has 1 aromatic heterocycles. The van der Waals surface area contributed by atoms with Gasteiger partial charge >= 0.3 is 0 Å². The molecule has 1 atom stereocenters. The number of carbonyl (C=O) groups is 1. The van der Waals surface area contributed by atoms with Crippen LogP contribution in [-0.2, 0) is 16.4 Å². The van der Waals surface area contributed by atoms with Crippen LogP contribution >= 0.6 is 0 Å². The van der Waals surface area contributed by atoms with Crippen LogP contribution in [0.2, 0.25) is 0 Å². The molecule has 25 heavy (non-hydrogen) atoms. The van der Waals surface area contributed by atoms with E-state index in [0.717, 1.165) is 17.5 Å². The standard InChI is InChI=1S/C18H23N3O3S/c1-13-6-5-11-19-17(13)12-14(2)20-18(22)15-7-9-16(10-8-15)21(3)25(4,23)24/h5-11,14H,12H2,1-4H3,(H,20,22)/t14-/m0/s1. The maximum Gasteiger partial charge on any atom is 0.251 e. The van der Waals surface area contributed by atoms with Crippen molar-refractivity contribution in [2.45, 2.75) is 26.3 Å². The summed E-state index contributed by atoms with van der Waals surface area (Å²) >= 11 is 0. The van der Waals surface area contributed by atoms with Gasteiger partial charge in [0.25, 0.3) is 5.91 Å². The van der Waals surface area contributed by atoms with E-state index in [9.17, 15) is 13.2 Å². The Labute approximate surface area is 148 Å². The Morgan fingerprint density at radius 2 is 1.88 bits per heavy atom. The normalized spacial score (nSPS) is 12.5. The van der Waals surface area contributed by atoms with Crippen molar-refractivity contribution in [1.82, 2.24) is 10.3 Å². The summed E-state index contributed by atoms with van der Waals surface area (Å²) in [5.41, 5.74) is 3.05. The van der Waals surface area contributed by atoms with Crippen LogP contribution < -0.4 is 9.62 Å². The largest absolute Gasteiger partial charge is 0.349 e. The first kappa shape index (κ1) is 18.9. The number of nitrogens with zero attached hydrogens (tertiary/aromatic N) is 2. The number of hydrogen-bond donors (Lipinski definition) is 1. The number of carbonyl (C=O) groups excluding carboxylic acids is 1. The minimum absolute atomic E-state index is 0.0699. The smallest absolute Gasteiger partial charge is 0.251 e. The Hall–Kier alpha value is -2.41. The average molecular weight is 361 g/mol. The van der Waals surface area contributed by atoms with E-state index in [2.05, 4.69) is 10.3 Å². The van der Waals surface area contributed by atoms with E-state index in [0.29, 0.717) is 17.7 Å². The number of amides is 1. The minimum atomic E-state index is -3.32. The van der Waals surface area contributed by atoms with Gasteiger partial charge in [-0.05, 0) is 49.7 Å². The van der Waals surface area contributed by atoms with E-state index in [-0.39, 0.29) is 11.9 Å². The number of anilines is 1. The minimum Gasteiger partial charge on any atom is -0.349 e. The summed E-state index contributed by atoms with van der Waals surface area (Å²) in [6, 6.07) is 10.3. The molecule has 0 aliphatic carbocycles. The molecule has 7 heteroatoms. The molecule has 0 aliphatic heterocycles. The maximum atomic E-state index is 12.3. The highest BCUT2D eigenvalue weighted by atomic mass is 32.2. The van der Waals surface area contributed by atoms with E-state index in [1.807, 2.05) is 26.0 Å². The van der Waals surface area contributed by atoms with Gasteiger partial charge in [0.05, 0.1) is 11.9 Å². The van der Waals surface area contributed by atoms with Gasteiger partial charge in [0.2, 0.25) is 10.0 Å². The fourth-order valence-corrected chi connectivity index (χ4v) is 2.90. The SMILES string of the molecule is Cc1cccnc1C[C@H](C)NC(=O)c1ccc(N(C)S(C)(=O)=O)cc1. The van der Waals surface area contributed by atoms with Gasteiger partial charge in [-0.15, -0.1) is 0 Å². The fraction of sp³-hybridized carbons (Fsp3) is 0.333. The molecule has 2 aromatic rings. The third-order valence-electron chi connectivity index (χ3n) is 3.99. The predicted octanol–water partition coefficient (Wildman–Crippen LogP) is 2.15. The lowest BCUT2D eigenvalue weighted by atomic mass is 10.1. The van der Waals surface area contributed by atoms with Crippen LogP contribution in [0, 0.1) is 6.92 Å². The van der Waals surface area contributed by atoms with E-state index in [1.165, 1.54) is 11.4 Å². The third-order valence-corrected chi connectivity index (χ3v) is 5.19. The van der Waals surface area contributed by atoms with Crippen LogP contribution in [0.25, 0.3) is 0 Å². The number of pyridine rings is 1. The summed E-state index contributed by atoms with van der Waals surface area (Å²) in [5.74, 6) is -0.199. The van der Waals surface area contributed by atoms with Gasteiger partial charge in [-0.1, -0.05) is 6.07 Å². The van der Waals surface area contributed by atoms with Crippen LogP contribution in [0.3, 0.4) is 0 Å². The lowest BCUT2D eigenvalue weighted by Crippen LogP contribution is -2.34. The van der Waals surface area contributed by atoms with Crippen LogP contribution in [0.4, 0.5) is 5.69 Å². The quantitative estimate of drug-likeness (QED) is 0.855. The number of aryl methyl sites for hydroxylation is 1. The van der Waals surface area contributed by atoms with E-state index < -0.39 is 10.0 Å². The molecule has 1 N–H and O–H groups in total. The van der Waals surface area contributed by atoms with Crippen molar-refractivity contribution in [3.8, 4) is 0 Å². The summed E-state index contributed by atoms with van der Waals surface area (Å²) in [4.78, 5) is 16.7. The van der Waals surface area contributed by atoms with Crippen molar-refractivity contribution in [3.63, 3.8) is 0 Å². The Balaban J connectivity index is 2.02. The van der Waals surface area contributed by atoms with Crippen molar-refractivity contribution in [1.29, 1.82) is 0 Å². The molecule has 1 amide bonds. The van der Waals surface area contributed by atoms with Gasteiger partial charge < -0.3 is 5.32 Å². The van der Waals surface area contributed by atoms with Gasteiger partial charge in [-0.25, -0.2) is 8.42 Å². The Morgan fingerprint density at radius 3 is 2.44 bits per heavy atom. The fourth-order valence-electron chi connectivity index (χ4n) is 2.39. The third kappa shape index (κ3) is 5.03. The Kier molecular flexibility index (Phi) is 5.79. The zero-order chi connectivity index (χ0) is 18.6. The number of benzene rings is 1. The number of aromatic nitrogens is 1. The van der Waals surface area contributed by atoms with Crippen LogP contribution in [-0.4, -0.2) is 38.7 Å². The molecule has 0 aliphatic rings. The predicted molar refractivity (Wildman–Crippen MR) is 99.3 cm³/mol. The first-order valence-electron chi connectivity index (χ1n) is 7.94. The Bertz CT molecular complexity index is 848. The number of sulfonamides is 1. The summed E-state index contributed by atoms with van der Waals surface area (Å²) in [6.45, 7) is 3.92. The molecule has 6 nitrogen and oxygen atoms in total. The topological polar surface area (TPSA) is 79.4 Å². The first-order chi connectivity index (χ1) is 11.7. The molecular formula is C18H23N3O3S. The van der Waals surface area contributed by atoms with Crippen molar-refractivity contribution in [2.24, 2.45) is 0 Å². The van der Waals surface area contributed by atoms with Gasteiger partial charge in [0.15, 0.2) is 0 Å². The average Bonchev–Trinajstić information content (AvgIpc) is 2.55. The van der Waals surface area contributed by atoms with Crippen LogP contribution in [0.1, 0.15) is 28.5 Å². The number of hydrogen-bond acceptors (Lipinski definition) is 4. The number of rotatable bonds is 6. The van der Waals surface area contributed by atoms with Crippen molar-refractivity contribution < 1.29 is 13.2 Å². The highest BCUT2D eigenvalue weighted by molar-refractivity contribution is 7.92. The Morgan fingerprint density at radius 1 is 1.24 bits per heavy atom. The van der Waals surface area contributed by atoms with E-state index in [1.54, 1.807) is 30.5 Å². The summed E-state index contributed by atoms with van der Waals surface area (Å²) in [7, 11) is -1.85. The molecule has 0 spiro atoms. The molecule has 0 saturated carbocycles. The summed E-state index contributed by atoms with van der Waals surface area (Å²) in [5, 5.41) is 2.94. The second kappa shape index (κ2) is 7.65.